The molecular weight excluding hydrogens is 567 g/mol. The molecule has 0 spiro atoms. The Morgan fingerprint density at radius 3 is 1.43 bits per heavy atom. The highest BCUT2D eigenvalue weighted by atomic mass is 15.1. The number of benzene rings is 8. The monoisotopic (exact) mass is 599 g/mol. The normalized spacial score (nSPS) is 11.0. The first-order chi connectivity index (χ1) is 23.3. The lowest BCUT2D eigenvalue weighted by molar-refractivity contribution is 1.28. The second-order valence-corrected chi connectivity index (χ2v) is 11.8. The minimum atomic E-state index is 1.11. The van der Waals surface area contributed by atoms with Crippen molar-refractivity contribution in [2.24, 2.45) is 0 Å². The lowest BCUT2D eigenvalue weighted by Crippen LogP contribution is -2.11. The van der Waals surface area contributed by atoms with Crippen LogP contribution >= 0.6 is 0 Å². The Balaban J connectivity index is 1.24. The van der Waals surface area contributed by atoms with Crippen LogP contribution < -0.4 is 4.90 Å². The zero-order valence-electron chi connectivity index (χ0n) is 26.0. The Bertz CT molecular complexity index is 2260. The maximum atomic E-state index is 2.37. The Kier molecular flexibility index (Phi) is 7.63. The largest absolute Gasteiger partial charge is 0.310 e. The number of hydrogen-bond acceptors (Lipinski definition) is 1. The van der Waals surface area contributed by atoms with Gasteiger partial charge in [-0.1, -0.05) is 158 Å². The number of anilines is 3. The lowest BCUT2D eigenvalue weighted by atomic mass is 9.94. The summed E-state index contributed by atoms with van der Waals surface area (Å²) >= 11 is 0. The van der Waals surface area contributed by atoms with Crippen LogP contribution in [0.15, 0.2) is 200 Å². The van der Waals surface area contributed by atoms with E-state index in [1.807, 2.05) is 0 Å². The van der Waals surface area contributed by atoms with Gasteiger partial charge >= 0.3 is 0 Å². The molecule has 0 unspecified atom stereocenters. The van der Waals surface area contributed by atoms with Crippen LogP contribution in [0.5, 0.6) is 0 Å². The highest BCUT2D eigenvalue weighted by Crippen LogP contribution is 2.43. The molecule has 0 atom stereocenters. The van der Waals surface area contributed by atoms with Crippen molar-refractivity contribution < 1.29 is 0 Å². The quantitative estimate of drug-likeness (QED) is 0.176. The molecule has 47 heavy (non-hydrogen) atoms. The fourth-order valence-corrected chi connectivity index (χ4v) is 6.52. The molecule has 0 amide bonds. The summed E-state index contributed by atoms with van der Waals surface area (Å²) in [5, 5.41) is 2.51. The molecule has 0 aliphatic carbocycles. The predicted molar refractivity (Wildman–Crippen MR) is 200 cm³/mol. The maximum absolute atomic E-state index is 2.37. The van der Waals surface area contributed by atoms with Gasteiger partial charge in [-0.05, 0) is 92.2 Å². The summed E-state index contributed by atoms with van der Waals surface area (Å²) in [6, 6.07) is 71.8. The summed E-state index contributed by atoms with van der Waals surface area (Å²) in [6.45, 7) is 0. The van der Waals surface area contributed by atoms with E-state index in [4.69, 9.17) is 0 Å². The summed E-state index contributed by atoms with van der Waals surface area (Å²) in [6.07, 6.45) is 0. The summed E-state index contributed by atoms with van der Waals surface area (Å²) in [4.78, 5) is 2.37. The molecule has 8 rings (SSSR count). The van der Waals surface area contributed by atoms with Crippen LogP contribution in [0.3, 0.4) is 0 Å². The summed E-state index contributed by atoms with van der Waals surface area (Å²) < 4.78 is 0. The number of para-hydroxylation sites is 1. The van der Waals surface area contributed by atoms with E-state index < -0.39 is 0 Å². The van der Waals surface area contributed by atoms with E-state index in [2.05, 4.69) is 205 Å². The van der Waals surface area contributed by atoms with Gasteiger partial charge in [-0.2, -0.15) is 0 Å². The van der Waals surface area contributed by atoms with Crippen molar-refractivity contribution in [1.82, 2.24) is 0 Å². The third-order valence-corrected chi connectivity index (χ3v) is 8.87. The third-order valence-electron chi connectivity index (χ3n) is 8.87. The van der Waals surface area contributed by atoms with E-state index in [1.54, 1.807) is 0 Å². The van der Waals surface area contributed by atoms with Crippen LogP contribution in [0, 0.1) is 0 Å². The van der Waals surface area contributed by atoms with E-state index in [0.29, 0.717) is 0 Å². The fraction of sp³-hybridized carbons (Fsp3) is 0. The molecule has 1 heteroatoms. The third kappa shape index (κ3) is 5.72. The molecule has 0 saturated heterocycles. The van der Waals surface area contributed by atoms with Gasteiger partial charge in [0.25, 0.3) is 0 Å². The first kappa shape index (κ1) is 28.3. The molecule has 0 bridgehead atoms. The summed E-state index contributed by atoms with van der Waals surface area (Å²) in [5.41, 5.74) is 13.0. The zero-order valence-corrected chi connectivity index (χ0v) is 26.0. The van der Waals surface area contributed by atoms with Crippen molar-refractivity contribution in [2.45, 2.75) is 0 Å². The SMILES string of the molecule is c1ccc(-c2ccc(N(c3ccccc3)c3ccc(-c4ccc5cccc(-c6ccccc6)c5c4)cc3)c(-c3ccccc3)c2)cc1. The lowest BCUT2D eigenvalue weighted by Gasteiger charge is -2.28. The molecule has 8 aromatic carbocycles. The number of rotatable bonds is 7. The topological polar surface area (TPSA) is 3.24 Å². The Labute approximate surface area is 276 Å². The predicted octanol–water partition coefficient (Wildman–Crippen LogP) is 13.0. The molecular formula is C46H33N. The van der Waals surface area contributed by atoms with E-state index >= 15 is 0 Å². The number of fused-ring (bicyclic) bond motifs is 1. The molecule has 0 N–H and O–H groups in total. The van der Waals surface area contributed by atoms with Crippen molar-refractivity contribution in [3.05, 3.63) is 200 Å². The Morgan fingerprint density at radius 1 is 0.277 bits per heavy atom. The average molecular weight is 600 g/mol. The van der Waals surface area contributed by atoms with Crippen LogP contribution in [-0.2, 0) is 0 Å². The molecule has 0 aliphatic rings. The van der Waals surface area contributed by atoms with Crippen LogP contribution in [0.4, 0.5) is 17.1 Å². The van der Waals surface area contributed by atoms with E-state index in [-0.39, 0.29) is 0 Å². The average Bonchev–Trinajstić information content (AvgIpc) is 3.16. The van der Waals surface area contributed by atoms with Gasteiger partial charge in [0, 0.05) is 16.9 Å². The molecule has 222 valence electrons. The molecule has 0 aliphatic heterocycles. The molecule has 0 saturated carbocycles. The number of nitrogens with zero attached hydrogens (tertiary/aromatic N) is 1. The second kappa shape index (κ2) is 12.7. The second-order valence-electron chi connectivity index (χ2n) is 11.8. The van der Waals surface area contributed by atoms with Crippen LogP contribution in [0.25, 0.3) is 55.3 Å². The van der Waals surface area contributed by atoms with E-state index in [9.17, 15) is 0 Å². The Morgan fingerprint density at radius 2 is 0.766 bits per heavy atom. The first-order valence-electron chi connectivity index (χ1n) is 16.1. The van der Waals surface area contributed by atoms with E-state index in [0.717, 1.165) is 17.1 Å². The van der Waals surface area contributed by atoms with Gasteiger partial charge in [-0.15, -0.1) is 0 Å². The van der Waals surface area contributed by atoms with Gasteiger partial charge in [0.05, 0.1) is 5.69 Å². The first-order valence-corrected chi connectivity index (χ1v) is 16.1. The standard InChI is InChI=1S/C46H33N/c1-5-14-34(15-6-1)40-28-31-46(45(33-40)37-18-9-3-10-19-37)47(41-21-11-4-12-22-41)42-29-26-35(27-30-42)39-25-24-38-20-13-23-43(44(38)32-39)36-16-7-2-8-17-36/h1-33H. The number of hydrogen-bond donors (Lipinski definition) is 0. The van der Waals surface area contributed by atoms with Gasteiger partial charge in [0.2, 0.25) is 0 Å². The van der Waals surface area contributed by atoms with Gasteiger partial charge in [-0.25, -0.2) is 0 Å². The minimum absolute atomic E-state index is 1.11. The van der Waals surface area contributed by atoms with Crippen molar-refractivity contribution in [1.29, 1.82) is 0 Å². The van der Waals surface area contributed by atoms with Crippen LogP contribution in [-0.4, -0.2) is 0 Å². The molecule has 8 aromatic rings. The molecule has 0 radical (unpaired) electrons. The van der Waals surface area contributed by atoms with Gasteiger partial charge in [0.1, 0.15) is 0 Å². The van der Waals surface area contributed by atoms with Gasteiger partial charge in [-0.3, -0.25) is 0 Å². The Hall–Kier alpha value is -6.18. The molecule has 1 nitrogen and oxygen atoms in total. The maximum Gasteiger partial charge on any atom is 0.0540 e. The van der Waals surface area contributed by atoms with Crippen molar-refractivity contribution in [3.8, 4) is 44.5 Å². The van der Waals surface area contributed by atoms with Crippen molar-refractivity contribution in [2.75, 3.05) is 4.90 Å². The van der Waals surface area contributed by atoms with Gasteiger partial charge < -0.3 is 4.90 Å². The smallest absolute Gasteiger partial charge is 0.0540 e. The molecule has 0 fully saturated rings. The van der Waals surface area contributed by atoms with Crippen molar-refractivity contribution in [3.63, 3.8) is 0 Å². The fourth-order valence-electron chi connectivity index (χ4n) is 6.52. The molecule has 0 aromatic heterocycles. The van der Waals surface area contributed by atoms with Crippen LogP contribution in [0.2, 0.25) is 0 Å². The van der Waals surface area contributed by atoms with Crippen molar-refractivity contribution >= 4 is 27.8 Å². The molecule has 0 heterocycles. The minimum Gasteiger partial charge on any atom is -0.310 e. The zero-order chi connectivity index (χ0) is 31.4. The highest BCUT2D eigenvalue weighted by Gasteiger charge is 2.18. The summed E-state index contributed by atoms with van der Waals surface area (Å²) in [5.74, 6) is 0. The highest BCUT2D eigenvalue weighted by molar-refractivity contribution is 5.99. The van der Waals surface area contributed by atoms with Gasteiger partial charge in [0.15, 0.2) is 0 Å². The summed E-state index contributed by atoms with van der Waals surface area (Å²) in [7, 11) is 0. The van der Waals surface area contributed by atoms with E-state index in [1.165, 1.54) is 55.3 Å². The van der Waals surface area contributed by atoms with Crippen LogP contribution in [0.1, 0.15) is 0 Å².